The molecule has 2 aliphatic heterocycles. The fourth-order valence-electron chi connectivity index (χ4n) is 4.02. The average Bonchev–Trinajstić information content (AvgIpc) is 2.84. The molecule has 0 aromatic heterocycles. The van der Waals surface area contributed by atoms with Crippen molar-refractivity contribution in [1.82, 2.24) is 4.31 Å². The molecule has 2 saturated heterocycles. The first-order chi connectivity index (χ1) is 15.4. The monoisotopic (exact) mass is 479 g/mol. The van der Waals surface area contributed by atoms with Gasteiger partial charge in [0.2, 0.25) is 10.0 Å². The number of hydrogen-bond acceptors (Lipinski definition) is 6. The molecular weight excluding hydrogens is 450 g/mol. The Bertz CT molecular complexity index is 1120. The van der Waals surface area contributed by atoms with E-state index in [4.69, 9.17) is 4.74 Å². The minimum absolute atomic E-state index is 0.254. The molecule has 1 unspecified atom stereocenters. The third kappa shape index (κ3) is 5.32. The van der Waals surface area contributed by atoms with Gasteiger partial charge in [-0.1, -0.05) is 18.2 Å². The first-order valence-electron chi connectivity index (χ1n) is 10.8. The molecule has 2 heterocycles. The van der Waals surface area contributed by atoms with Crippen molar-refractivity contribution in [2.45, 2.75) is 22.6 Å². The first-order valence-corrected chi connectivity index (χ1v) is 13.7. The second-order valence-electron chi connectivity index (χ2n) is 8.06. The number of sulfonamides is 1. The van der Waals surface area contributed by atoms with Crippen molar-refractivity contribution in [3.63, 3.8) is 0 Å². The lowest BCUT2D eigenvalue weighted by atomic mass is 9.97. The van der Waals surface area contributed by atoms with E-state index in [1.807, 2.05) is 12.1 Å². The highest BCUT2D eigenvalue weighted by molar-refractivity contribution is 7.89. The maximum absolute atomic E-state index is 12.8. The highest BCUT2D eigenvalue weighted by atomic mass is 32.2. The Balaban J connectivity index is 1.34. The number of nitrogens with zero attached hydrogens (tertiary/aromatic N) is 3. The summed E-state index contributed by atoms with van der Waals surface area (Å²) in [5.74, 6) is 0.254. The third-order valence-corrected chi connectivity index (χ3v) is 9.28. The molecule has 0 radical (unpaired) electrons. The molecule has 10 heteroatoms. The van der Waals surface area contributed by atoms with Crippen molar-refractivity contribution in [1.29, 1.82) is 0 Å². The SMILES string of the molecule is O=S(=O)(c1ccc(N2CCC(CN=S(=O)(O)c3ccccc3)CC2)cc1)N1CCOCC1. The van der Waals surface area contributed by atoms with Gasteiger partial charge in [0.1, 0.15) is 0 Å². The molecule has 2 aromatic rings. The predicted octanol–water partition coefficient (Wildman–Crippen LogP) is 2.92. The molecule has 0 spiro atoms. The van der Waals surface area contributed by atoms with Crippen LogP contribution in [0.4, 0.5) is 5.69 Å². The fraction of sp³-hybridized carbons (Fsp3) is 0.455. The zero-order chi connectivity index (χ0) is 22.6. The van der Waals surface area contributed by atoms with E-state index < -0.39 is 20.0 Å². The molecule has 4 rings (SSSR count). The zero-order valence-corrected chi connectivity index (χ0v) is 19.5. The van der Waals surface area contributed by atoms with Gasteiger partial charge in [-0.3, -0.25) is 4.55 Å². The first kappa shape index (κ1) is 23.2. The molecule has 0 saturated carbocycles. The Morgan fingerprint density at radius 1 is 0.875 bits per heavy atom. The molecule has 0 bridgehead atoms. The number of piperidine rings is 1. The van der Waals surface area contributed by atoms with E-state index in [1.54, 1.807) is 42.5 Å². The van der Waals surface area contributed by atoms with Crippen LogP contribution in [0, 0.1) is 5.92 Å². The lowest BCUT2D eigenvalue weighted by molar-refractivity contribution is 0.0730. The molecule has 1 N–H and O–H groups in total. The van der Waals surface area contributed by atoms with Crippen LogP contribution in [-0.4, -0.2) is 67.4 Å². The van der Waals surface area contributed by atoms with E-state index in [2.05, 4.69) is 9.26 Å². The molecule has 2 aromatic carbocycles. The van der Waals surface area contributed by atoms with Gasteiger partial charge in [-0.15, -0.1) is 0 Å². The Labute approximate surface area is 190 Å². The van der Waals surface area contributed by atoms with Crippen molar-refractivity contribution in [2.24, 2.45) is 10.3 Å². The molecule has 174 valence electrons. The molecular formula is C22H29N3O5S2. The van der Waals surface area contributed by atoms with E-state index in [0.717, 1.165) is 31.6 Å². The topological polar surface area (TPSA) is 99.5 Å². The highest BCUT2D eigenvalue weighted by Gasteiger charge is 2.27. The minimum Gasteiger partial charge on any atom is -0.379 e. The zero-order valence-electron chi connectivity index (χ0n) is 17.9. The summed E-state index contributed by atoms with van der Waals surface area (Å²) in [6, 6.07) is 15.6. The molecule has 2 fully saturated rings. The van der Waals surface area contributed by atoms with Crippen molar-refractivity contribution in [3.05, 3.63) is 54.6 Å². The molecule has 32 heavy (non-hydrogen) atoms. The van der Waals surface area contributed by atoms with Crippen LogP contribution < -0.4 is 4.90 Å². The van der Waals surface area contributed by atoms with Crippen molar-refractivity contribution >= 4 is 25.7 Å². The van der Waals surface area contributed by atoms with Crippen molar-refractivity contribution in [3.8, 4) is 0 Å². The van der Waals surface area contributed by atoms with Crippen molar-refractivity contribution < 1.29 is 21.9 Å². The number of hydrogen-bond donors (Lipinski definition) is 1. The van der Waals surface area contributed by atoms with E-state index in [0.29, 0.717) is 42.6 Å². The summed E-state index contributed by atoms with van der Waals surface area (Å²) < 4.78 is 59.1. The van der Waals surface area contributed by atoms with Gasteiger partial charge in [-0.25, -0.2) is 17.0 Å². The lowest BCUT2D eigenvalue weighted by Gasteiger charge is -2.33. The highest BCUT2D eigenvalue weighted by Crippen LogP contribution is 2.26. The standard InChI is InChI=1S/C22H29N3O5S2/c26-31(27,21-4-2-1-3-5-21)23-18-19-10-12-24(13-11-19)20-6-8-22(9-7-20)32(28,29)25-14-16-30-17-15-25/h1-9,19H,10-18H2,(H,23,26,27). The van der Waals surface area contributed by atoms with Crippen LogP contribution in [0.15, 0.2) is 68.8 Å². The average molecular weight is 480 g/mol. The summed E-state index contributed by atoms with van der Waals surface area (Å²) in [7, 11) is -6.85. The number of anilines is 1. The second-order valence-corrected chi connectivity index (χ2v) is 11.7. The summed E-state index contributed by atoms with van der Waals surface area (Å²) >= 11 is 0. The molecule has 2 aliphatic rings. The van der Waals surface area contributed by atoms with Crippen LogP contribution in [-0.2, 0) is 24.8 Å². The van der Waals surface area contributed by atoms with Gasteiger partial charge in [0.25, 0.3) is 0 Å². The van der Waals surface area contributed by atoms with Gasteiger partial charge in [0.05, 0.1) is 29.5 Å². The normalized spacial score (nSPS) is 20.6. The van der Waals surface area contributed by atoms with Crippen LogP contribution in [0.5, 0.6) is 0 Å². The van der Waals surface area contributed by atoms with E-state index in [-0.39, 0.29) is 5.92 Å². The largest absolute Gasteiger partial charge is 0.379 e. The van der Waals surface area contributed by atoms with E-state index in [1.165, 1.54) is 4.31 Å². The van der Waals surface area contributed by atoms with Gasteiger partial charge in [0.15, 0.2) is 10.0 Å². The summed E-state index contributed by atoms with van der Waals surface area (Å²) in [6.07, 6.45) is 1.73. The van der Waals surface area contributed by atoms with Gasteiger partial charge < -0.3 is 9.64 Å². The van der Waals surface area contributed by atoms with Crippen LogP contribution >= 0.6 is 0 Å². The third-order valence-electron chi connectivity index (χ3n) is 5.98. The van der Waals surface area contributed by atoms with Crippen LogP contribution in [0.2, 0.25) is 0 Å². The van der Waals surface area contributed by atoms with Gasteiger partial charge in [-0.2, -0.15) is 4.31 Å². The van der Waals surface area contributed by atoms with Crippen LogP contribution in [0.3, 0.4) is 0 Å². The Hall–Kier alpha value is -1.98. The van der Waals surface area contributed by atoms with Crippen LogP contribution in [0.1, 0.15) is 12.8 Å². The van der Waals surface area contributed by atoms with Gasteiger partial charge >= 0.3 is 0 Å². The maximum atomic E-state index is 12.8. The second kappa shape index (κ2) is 9.88. The smallest absolute Gasteiger partial charge is 0.243 e. The summed E-state index contributed by atoms with van der Waals surface area (Å²) in [6.45, 7) is 3.57. The predicted molar refractivity (Wildman–Crippen MR) is 124 cm³/mol. The quantitative estimate of drug-likeness (QED) is 0.684. The van der Waals surface area contributed by atoms with E-state index >= 15 is 0 Å². The molecule has 8 nitrogen and oxygen atoms in total. The number of ether oxygens (including phenoxy) is 1. The van der Waals surface area contributed by atoms with Crippen molar-refractivity contribution in [2.75, 3.05) is 50.8 Å². The summed E-state index contributed by atoms with van der Waals surface area (Å²) in [4.78, 5) is 2.86. The van der Waals surface area contributed by atoms with Gasteiger partial charge in [0, 0.05) is 31.9 Å². The lowest BCUT2D eigenvalue weighted by Crippen LogP contribution is -2.40. The molecule has 0 aliphatic carbocycles. The number of rotatable bonds is 6. The molecule has 0 amide bonds. The summed E-state index contributed by atoms with van der Waals surface area (Å²) in [5, 5.41) is 0. The van der Waals surface area contributed by atoms with E-state index in [9.17, 15) is 17.2 Å². The van der Waals surface area contributed by atoms with Crippen LogP contribution in [0.25, 0.3) is 0 Å². The molecule has 1 atom stereocenters. The van der Waals surface area contributed by atoms with Gasteiger partial charge in [-0.05, 0) is 55.2 Å². The summed E-state index contributed by atoms with van der Waals surface area (Å²) in [5.41, 5.74) is 0.983. The number of morpholine rings is 1. The Kier molecular flexibility index (Phi) is 7.16. The Morgan fingerprint density at radius 2 is 1.50 bits per heavy atom. The fourth-order valence-corrected chi connectivity index (χ4v) is 6.50. The number of benzene rings is 2. The maximum Gasteiger partial charge on any atom is 0.243 e. The Morgan fingerprint density at radius 3 is 2.12 bits per heavy atom. The minimum atomic E-state index is -3.49.